The molecule has 2 fully saturated rings. The number of allylic oxidation sites excluding steroid dienone is 2. The van der Waals surface area contributed by atoms with Gasteiger partial charge in [-0.1, -0.05) is 31.6 Å². The van der Waals surface area contributed by atoms with Crippen LogP contribution in [-0.4, -0.2) is 28.3 Å². The van der Waals surface area contributed by atoms with Crippen molar-refractivity contribution in [3.63, 3.8) is 0 Å². The monoisotopic (exact) mass is 458 g/mol. The fourth-order valence-electron chi connectivity index (χ4n) is 4.77. The van der Waals surface area contributed by atoms with Crippen LogP contribution in [0.1, 0.15) is 56.3 Å². The van der Waals surface area contributed by atoms with Gasteiger partial charge in [0.2, 0.25) is 0 Å². The van der Waals surface area contributed by atoms with Crippen molar-refractivity contribution in [2.24, 2.45) is 5.41 Å². The van der Waals surface area contributed by atoms with Gasteiger partial charge in [0.15, 0.2) is 23.8 Å². The molecule has 0 saturated heterocycles. The smallest absolute Gasteiger partial charge is 0.162 e. The second kappa shape index (κ2) is 8.30. The van der Waals surface area contributed by atoms with E-state index < -0.39 is 12.3 Å². The Kier molecular flexibility index (Phi) is 5.23. The Hall–Kier alpha value is -3.08. The van der Waals surface area contributed by atoms with Gasteiger partial charge in [-0.15, -0.1) is 0 Å². The van der Waals surface area contributed by atoms with Gasteiger partial charge in [0.25, 0.3) is 0 Å². The van der Waals surface area contributed by atoms with Gasteiger partial charge in [0, 0.05) is 23.1 Å². The van der Waals surface area contributed by atoms with E-state index in [0.29, 0.717) is 24.0 Å². The molecule has 0 spiro atoms. The third kappa shape index (κ3) is 3.91. The average Bonchev–Trinajstić information content (AvgIpc) is 3.42. The third-order valence-electron chi connectivity index (χ3n) is 7.54. The van der Waals surface area contributed by atoms with Crippen molar-refractivity contribution in [1.29, 1.82) is 0 Å². The minimum Gasteiger partial charge on any atom is -0.489 e. The molecule has 0 bridgehead atoms. The summed E-state index contributed by atoms with van der Waals surface area (Å²) in [5, 5.41) is 0. The Morgan fingerprint density at radius 3 is 2.68 bits per heavy atom. The van der Waals surface area contributed by atoms with E-state index in [-0.39, 0.29) is 5.41 Å². The summed E-state index contributed by atoms with van der Waals surface area (Å²) in [5.41, 5.74) is 4.53. The molecule has 2 aromatic heterocycles. The van der Waals surface area contributed by atoms with Gasteiger partial charge < -0.3 is 13.9 Å². The van der Waals surface area contributed by atoms with Crippen molar-refractivity contribution in [1.82, 2.24) is 9.38 Å². The highest BCUT2D eigenvalue weighted by molar-refractivity contribution is 5.81. The summed E-state index contributed by atoms with van der Waals surface area (Å²) in [6.07, 6.45) is 13.1. The fraction of sp³-hybridized carbons (Fsp3) is 0.414. The molecule has 4 nitrogen and oxygen atoms in total. The number of imidazole rings is 1. The summed E-state index contributed by atoms with van der Waals surface area (Å²) >= 11 is 0. The van der Waals surface area contributed by atoms with Gasteiger partial charge in [-0.25, -0.2) is 9.37 Å². The Balaban J connectivity index is 1.40. The predicted molar refractivity (Wildman–Crippen MR) is 132 cm³/mol. The SMILES string of the molecule is Cc1cccn2c(C3CCC3)nc(-c3ccc(O[C@@H]4C=CC=CC4F)c(OCC4(C)CC4)c3)c12. The molecule has 6 rings (SSSR count). The van der Waals surface area contributed by atoms with Crippen LogP contribution in [0.25, 0.3) is 16.8 Å². The molecule has 2 heterocycles. The highest BCUT2D eigenvalue weighted by Gasteiger charge is 2.38. The molecule has 0 N–H and O–H groups in total. The number of benzene rings is 1. The summed E-state index contributed by atoms with van der Waals surface area (Å²) in [6.45, 7) is 5.00. The van der Waals surface area contributed by atoms with Crippen LogP contribution < -0.4 is 9.47 Å². The summed E-state index contributed by atoms with van der Waals surface area (Å²) in [4.78, 5) is 5.15. The van der Waals surface area contributed by atoms with Gasteiger partial charge in [0.05, 0.1) is 17.8 Å². The Labute approximate surface area is 200 Å². The average molecular weight is 459 g/mol. The number of ether oxygens (including phenoxy) is 2. The summed E-state index contributed by atoms with van der Waals surface area (Å²) in [5.74, 6) is 2.89. The van der Waals surface area contributed by atoms with Crippen LogP contribution in [0.2, 0.25) is 0 Å². The number of hydrogen-bond acceptors (Lipinski definition) is 3. The second-order valence-corrected chi connectivity index (χ2v) is 10.4. The van der Waals surface area contributed by atoms with Crippen LogP contribution in [0.3, 0.4) is 0 Å². The van der Waals surface area contributed by atoms with Crippen LogP contribution in [0.15, 0.2) is 60.8 Å². The van der Waals surface area contributed by atoms with Crippen LogP contribution in [0, 0.1) is 12.3 Å². The van der Waals surface area contributed by atoms with E-state index in [2.05, 4.69) is 36.6 Å². The lowest BCUT2D eigenvalue weighted by atomic mass is 9.85. The maximum absolute atomic E-state index is 14.4. The molecular weight excluding hydrogens is 427 g/mol. The van der Waals surface area contributed by atoms with Crippen molar-refractivity contribution < 1.29 is 13.9 Å². The highest BCUT2D eigenvalue weighted by atomic mass is 19.1. The Morgan fingerprint density at radius 1 is 1.12 bits per heavy atom. The van der Waals surface area contributed by atoms with Crippen molar-refractivity contribution in [3.8, 4) is 22.8 Å². The van der Waals surface area contributed by atoms with Gasteiger partial charge in [0.1, 0.15) is 5.82 Å². The number of hydrogen-bond donors (Lipinski definition) is 0. The molecule has 2 atom stereocenters. The second-order valence-electron chi connectivity index (χ2n) is 10.4. The summed E-state index contributed by atoms with van der Waals surface area (Å²) in [6, 6.07) is 10.2. The zero-order valence-electron chi connectivity index (χ0n) is 19.8. The molecule has 2 saturated carbocycles. The molecule has 176 valence electrons. The number of nitrogens with zero attached hydrogens (tertiary/aromatic N) is 2. The molecule has 1 aromatic carbocycles. The van der Waals surface area contributed by atoms with Gasteiger partial charge in [-0.2, -0.15) is 0 Å². The minimum absolute atomic E-state index is 0.221. The number of halogens is 1. The maximum atomic E-state index is 14.4. The molecule has 0 radical (unpaired) electrons. The molecule has 0 amide bonds. The quantitative estimate of drug-likeness (QED) is 0.384. The van der Waals surface area contributed by atoms with Gasteiger partial charge in [-0.3, -0.25) is 0 Å². The molecule has 1 unspecified atom stereocenters. The highest BCUT2D eigenvalue weighted by Crippen LogP contribution is 2.46. The number of alkyl halides is 1. The topological polar surface area (TPSA) is 35.8 Å². The lowest BCUT2D eigenvalue weighted by Gasteiger charge is -2.24. The van der Waals surface area contributed by atoms with E-state index in [1.165, 1.54) is 43.7 Å². The molecule has 34 heavy (non-hydrogen) atoms. The normalized spacial score (nSPS) is 23.1. The number of fused-ring (bicyclic) bond motifs is 1. The Bertz CT molecular complexity index is 1280. The van der Waals surface area contributed by atoms with Crippen LogP contribution in [0.5, 0.6) is 11.5 Å². The minimum atomic E-state index is -1.18. The van der Waals surface area contributed by atoms with E-state index in [1.54, 1.807) is 12.2 Å². The summed E-state index contributed by atoms with van der Waals surface area (Å²) < 4.78 is 29.1. The van der Waals surface area contributed by atoms with Crippen LogP contribution >= 0.6 is 0 Å². The van der Waals surface area contributed by atoms with Crippen molar-refractivity contribution >= 4 is 5.52 Å². The van der Waals surface area contributed by atoms with E-state index in [9.17, 15) is 4.39 Å². The summed E-state index contributed by atoms with van der Waals surface area (Å²) in [7, 11) is 0. The standard InChI is InChI=1S/C29H31FN2O2/c1-19-7-6-16-32-27(19)26(31-28(32)20-8-5-9-20)21-12-13-24(34-23-11-4-3-10-22(23)30)25(17-21)33-18-29(2)14-15-29/h3-4,6-7,10-13,16-17,20,22-23H,5,8-9,14-15,18H2,1-2H3/t22?,23-/m1/s1. The van der Waals surface area contributed by atoms with E-state index in [0.717, 1.165) is 22.6 Å². The van der Waals surface area contributed by atoms with Crippen molar-refractivity contribution in [2.75, 3.05) is 6.61 Å². The zero-order valence-corrected chi connectivity index (χ0v) is 19.8. The van der Waals surface area contributed by atoms with Crippen LogP contribution in [-0.2, 0) is 0 Å². The fourth-order valence-corrected chi connectivity index (χ4v) is 4.77. The number of aryl methyl sites for hydroxylation is 1. The first-order valence-electron chi connectivity index (χ1n) is 12.4. The van der Waals surface area contributed by atoms with Crippen molar-refractivity contribution in [3.05, 3.63) is 72.2 Å². The van der Waals surface area contributed by atoms with E-state index >= 15 is 0 Å². The molecule has 0 aliphatic heterocycles. The van der Waals surface area contributed by atoms with Crippen LogP contribution in [0.4, 0.5) is 4.39 Å². The van der Waals surface area contributed by atoms with Gasteiger partial charge in [-0.05, 0) is 74.6 Å². The number of pyridine rings is 1. The number of rotatable bonds is 7. The molecule has 3 aliphatic rings. The first kappa shape index (κ1) is 21.5. The first-order valence-corrected chi connectivity index (χ1v) is 12.4. The lowest BCUT2D eigenvalue weighted by molar-refractivity contribution is 0.153. The molecule has 3 aromatic rings. The largest absolute Gasteiger partial charge is 0.489 e. The molecular formula is C29H31FN2O2. The third-order valence-corrected chi connectivity index (χ3v) is 7.54. The predicted octanol–water partition coefficient (Wildman–Crippen LogP) is 6.97. The van der Waals surface area contributed by atoms with E-state index in [4.69, 9.17) is 14.5 Å². The number of aromatic nitrogens is 2. The molecule has 3 aliphatic carbocycles. The Morgan fingerprint density at radius 2 is 1.94 bits per heavy atom. The lowest BCUT2D eigenvalue weighted by Crippen LogP contribution is -2.26. The van der Waals surface area contributed by atoms with E-state index in [1.807, 2.05) is 24.3 Å². The first-order chi connectivity index (χ1) is 16.5. The maximum Gasteiger partial charge on any atom is 0.162 e. The van der Waals surface area contributed by atoms with Gasteiger partial charge >= 0.3 is 0 Å². The zero-order chi connectivity index (χ0) is 23.3. The van der Waals surface area contributed by atoms with Crippen molar-refractivity contribution in [2.45, 2.75) is 64.1 Å². The molecule has 5 heteroatoms.